The van der Waals surface area contributed by atoms with Gasteiger partial charge in [-0.1, -0.05) is 53.6 Å². The highest BCUT2D eigenvalue weighted by atomic mass is 35.5. The van der Waals surface area contributed by atoms with Crippen LogP contribution in [0, 0.1) is 18.3 Å². The molecule has 0 atom stereocenters. The van der Waals surface area contributed by atoms with E-state index in [0.717, 1.165) is 17.7 Å². The van der Waals surface area contributed by atoms with Gasteiger partial charge in [0, 0.05) is 23.7 Å². The van der Waals surface area contributed by atoms with E-state index in [9.17, 15) is 28.0 Å². The molecule has 11 heteroatoms. The highest BCUT2D eigenvalue weighted by molar-refractivity contribution is 6.30. The van der Waals surface area contributed by atoms with Crippen LogP contribution in [0.2, 0.25) is 5.02 Å². The molecule has 0 unspecified atom stereocenters. The van der Waals surface area contributed by atoms with Crippen molar-refractivity contribution in [1.29, 1.82) is 5.26 Å². The molecule has 1 heterocycles. The number of nitrogens with zero attached hydrogens (tertiary/aromatic N) is 3. The van der Waals surface area contributed by atoms with Crippen LogP contribution in [-0.2, 0) is 6.18 Å². The van der Waals surface area contributed by atoms with Crippen LogP contribution in [0.15, 0.2) is 72.8 Å². The first-order valence-electron chi connectivity index (χ1n) is 12.2. The normalized spacial score (nSPS) is 11.1. The number of nitriles is 1. The van der Waals surface area contributed by atoms with E-state index in [1.54, 1.807) is 48.5 Å². The third-order valence-corrected chi connectivity index (χ3v) is 6.26. The summed E-state index contributed by atoms with van der Waals surface area (Å²) in [4.78, 5) is 25.7. The zero-order chi connectivity index (χ0) is 28.9. The maximum absolute atomic E-state index is 13.3. The fraction of sp³-hybridized carbons (Fsp3) is 0.172. The zero-order valence-corrected chi connectivity index (χ0v) is 22.0. The van der Waals surface area contributed by atoms with Gasteiger partial charge in [-0.3, -0.25) is 9.59 Å². The predicted octanol–water partition coefficient (Wildman–Crippen LogP) is 6.19. The second-order valence-corrected chi connectivity index (χ2v) is 9.28. The van der Waals surface area contributed by atoms with E-state index in [0.29, 0.717) is 22.7 Å². The number of ketones is 1. The third kappa shape index (κ3) is 6.33. The van der Waals surface area contributed by atoms with Crippen molar-refractivity contribution < 1.29 is 22.8 Å². The molecule has 0 saturated carbocycles. The molecule has 40 heavy (non-hydrogen) atoms. The number of rotatable bonds is 9. The molecule has 2 N–H and O–H groups in total. The fourth-order valence-electron chi connectivity index (χ4n) is 3.98. The van der Waals surface area contributed by atoms with Gasteiger partial charge in [-0.25, -0.2) is 4.68 Å². The van der Waals surface area contributed by atoms with Gasteiger partial charge in [-0.05, 0) is 49.7 Å². The number of hydrogen-bond donors (Lipinski definition) is 2. The Hall–Kier alpha value is -4.62. The van der Waals surface area contributed by atoms with Crippen LogP contribution in [0.1, 0.15) is 49.5 Å². The lowest BCUT2D eigenvalue weighted by atomic mass is 10.0. The number of nitrogens with one attached hydrogen (secondary N) is 2. The Balaban J connectivity index is 1.53. The van der Waals surface area contributed by atoms with Gasteiger partial charge < -0.3 is 10.6 Å². The molecule has 0 bridgehead atoms. The number of halogens is 4. The molecular formula is C29H23ClF3N5O2. The molecule has 1 amide bonds. The summed E-state index contributed by atoms with van der Waals surface area (Å²) >= 11 is 6.02. The van der Waals surface area contributed by atoms with E-state index in [1.165, 1.54) is 16.8 Å². The summed E-state index contributed by atoms with van der Waals surface area (Å²) in [5.41, 5.74) is 0.404. The minimum atomic E-state index is -4.66. The lowest BCUT2D eigenvalue weighted by Crippen LogP contribution is -2.28. The van der Waals surface area contributed by atoms with Crippen LogP contribution in [0.5, 0.6) is 0 Å². The van der Waals surface area contributed by atoms with Crippen molar-refractivity contribution in [3.05, 3.63) is 111 Å². The standard InChI is InChI=1S/C29H23ClF3N5O2/c1-18-7-9-19(10-8-18)26(39)25-23(17-34)27(38(37-25)21-13-11-20(30)12-14-21)35-15-4-16-36-28(40)22-5-2-3-6-24(22)29(31,32)33/h2-3,5-14,35H,4,15-16H2,1H3,(H,36,40). The number of carbonyl (C=O) groups excluding carboxylic acids is 2. The van der Waals surface area contributed by atoms with Crippen LogP contribution < -0.4 is 10.6 Å². The molecule has 3 aromatic carbocycles. The lowest BCUT2D eigenvalue weighted by molar-refractivity contribution is -0.137. The van der Waals surface area contributed by atoms with Gasteiger partial charge in [0.1, 0.15) is 17.5 Å². The third-order valence-electron chi connectivity index (χ3n) is 6.01. The van der Waals surface area contributed by atoms with Crippen molar-refractivity contribution in [2.45, 2.75) is 19.5 Å². The topological polar surface area (TPSA) is 99.8 Å². The van der Waals surface area contributed by atoms with E-state index in [1.807, 2.05) is 6.92 Å². The van der Waals surface area contributed by atoms with Crippen molar-refractivity contribution in [3.63, 3.8) is 0 Å². The average molecular weight is 566 g/mol. The van der Waals surface area contributed by atoms with Crippen molar-refractivity contribution in [2.24, 2.45) is 0 Å². The van der Waals surface area contributed by atoms with Crippen molar-refractivity contribution in [3.8, 4) is 11.8 Å². The van der Waals surface area contributed by atoms with Crippen LogP contribution in [0.3, 0.4) is 0 Å². The monoisotopic (exact) mass is 565 g/mol. The second-order valence-electron chi connectivity index (χ2n) is 8.85. The Morgan fingerprint density at radius 1 is 1.00 bits per heavy atom. The van der Waals surface area contributed by atoms with Gasteiger partial charge in [0.15, 0.2) is 5.69 Å². The van der Waals surface area contributed by atoms with E-state index in [-0.39, 0.29) is 30.2 Å². The molecule has 0 aliphatic rings. The van der Waals surface area contributed by atoms with E-state index < -0.39 is 29.0 Å². The van der Waals surface area contributed by atoms with Crippen molar-refractivity contribution in [2.75, 3.05) is 18.4 Å². The first-order valence-corrected chi connectivity index (χ1v) is 12.6. The molecule has 0 saturated heterocycles. The molecule has 0 aliphatic heterocycles. The molecule has 7 nitrogen and oxygen atoms in total. The molecule has 0 aliphatic carbocycles. The van der Waals surface area contributed by atoms with Gasteiger partial charge in [-0.15, -0.1) is 0 Å². The van der Waals surface area contributed by atoms with Crippen LogP contribution in [-0.4, -0.2) is 34.6 Å². The summed E-state index contributed by atoms with van der Waals surface area (Å²) in [5.74, 6) is -1.01. The average Bonchev–Trinajstić information content (AvgIpc) is 3.31. The maximum Gasteiger partial charge on any atom is 0.417 e. The molecular weight excluding hydrogens is 543 g/mol. The molecule has 204 valence electrons. The summed E-state index contributed by atoms with van der Waals surface area (Å²) in [5, 5.41) is 20.5. The smallest absolute Gasteiger partial charge is 0.369 e. The fourth-order valence-corrected chi connectivity index (χ4v) is 4.10. The summed E-state index contributed by atoms with van der Waals surface area (Å²) < 4.78 is 41.1. The first kappa shape index (κ1) is 28.4. The van der Waals surface area contributed by atoms with Gasteiger partial charge in [0.2, 0.25) is 5.78 Å². The zero-order valence-electron chi connectivity index (χ0n) is 21.2. The number of benzene rings is 3. The molecule has 0 radical (unpaired) electrons. The maximum atomic E-state index is 13.3. The summed E-state index contributed by atoms with van der Waals surface area (Å²) in [6.45, 7) is 2.17. The Morgan fingerprint density at radius 2 is 1.68 bits per heavy atom. The molecule has 0 spiro atoms. The number of carbonyl (C=O) groups is 2. The Morgan fingerprint density at radius 3 is 2.33 bits per heavy atom. The predicted molar refractivity (Wildman–Crippen MR) is 145 cm³/mol. The number of aromatic nitrogens is 2. The Kier molecular flexibility index (Phi) is 8.55. The largest absolute Gasteiger partial charge is 0.417 e. The van der Waals surface area contributed by atoms with E-state index >= 15 is 0 Å². The number of alkyl halides is 3. The highest BCUT2D eigenvalue weighted by Crippen LogP contribution is 2.32. The van der Waals surface area contributed by atoms with Gasteiger partial charge in [0.25, 0.3) is 5.91 Å². The highest BCUT2D eigenvalue weighted by Gasteiger charge is 2.34. The molecule has 4 aromatic rings. The molecule has 1 aromatic heterocycles. The van der Waals surface area contributed by atoms with Crippen LogP contribution >= 0.6 is 11.6 Å². The Bertz CT molecular complexity index is 1570. The second kappa shape index (κ2) is 12.1. The van der Waals surface area contributed by atoms with Crippen LogP contribution in [0.25, 0.3) is 5.69 Å². The molecule has 0 fully saturated rings. The summed E-state index contributed by atoms with van der Waals surface area (Å²) in [6.07, 6.45) is -4.35. The summed E-state index contributed by atoms with van der Waals surface area (Å²) in [6, 6.07) is 20.2. The minimum absolute atomic E-state index is 0.0312. The quantitative estimate of drug-likeness (QED) is 0.186. The number of anilines is 1. The van der Waals surface area contributed by atoms with Gasteiger partial charge >= 0.3 is 6.18 Å². The Labute approximate surface area is 233 Å². The van der Waals surface area contributed by atoms with Gasteiger partial charge in [0.05, 0.1) is 16.8 Å². The lowest BCUT2D eigenvalue weighted by Gasteiger charge is -2.13. The summed E-state index contributed by atoms with van der Waals surface area (Å²) in [7, 11) is 0. The van der Waals surface area contributed by atoms with E-state index in [4.69, 9.17) is 11.6 Å². The van der Waals surface area contributed by atoms with Crippen molar-refractivity contribution in [1.82, 2.24) is 15.1 Å². The van der Waals surface area contributed by atoms with Crippen LogP contribution in [0.4, 0.5) is 19.0 Å². The number of aryl methyl sites for hydroxylation is 1. The van der Waals surface area contributed by atoms with E-state index in [2.05, 4.69) is 21.8 Å². The SMILES string of the molecule is Cc1ccc(C(=O)c2nn(-c3ccc(Cl)cc3)c(NCCCNC(=O)c3ccccc3C(F)(F)F)c2C#N)cc1. The number of amides is 1. The minimum Gasteiger partial charge on any atom is -0.369 e. The number of hydrogen-bond acceptors (Lipinski definition) is 5. The molecule has 4 rings (SSSR count). The first-order chi connectivity index (χ1) is 19.1. The van der Waals surface area contributed by atoms with Gasteiger partial charge in [-0.2, -0.15) is 23.5 Å². The van der Waals surface area contributed by atoms with Crippen molar-refractivity contribution >= 4 is 29.1 Å².